The van der Waals surface area contributed by atoms with E-state index in [4.69, 9.17) is 9.84 Å². The first-order chi connectivity index (χ1) is 22.1. The Bertz CT molecular complexity index is 2210. The van der Waals surface area contributed by atoms with Crippen molar-refractivity contribution < 1.29 is 30.2 Å². The second-order valence-corrected chi connectivity index (χ2v) is 13.0. The van der Waals surface area contributed by atoms with Gasteiger partial charge in [-0.05, 0) is 66.4 Å². The molecule has 4 aromatic carbocycles. The van der Waals surface area contributed by atoms with E-state index in [9.17, 15) is 4.39 Å². The Morgan fingerprint density at radius 1 is 0.830 bits per heavy atom. The third-order valence-corrected chi connectivity index (χ3v) is 8.37. The number of fused-ring (bicyclic) bond motifs is 3. The van der Waals surface area contributed by atoms with E-state index in [-0.39, 0.29) is 32.3 Å². The minimum absolute atomic E-state index is 0. The Hall–Kier alpha value is -4.54. The number of aryl methyl sites for hydroxylation is 2. The molecule has 238 valence electrons. The minimum Gasteiger partial charge on any atom is -0.509 e. The molecule has 47 heavy (non-hydrogen) atoms. The zero-order chi connectivity index (χ0) is 32.0. The van der Waals surface area contributed by atoms with Crippen LogP contribution in [-0.4, -0.2) is 19.3 Å². The number of pyridine rings is 1. The maximum atomic E-state index is 14.4. The van der Waals surface area contributed by atoms with E-state index >= 15 is 0 Å². The van der Waals surface area contributed by atoms with Crippen LogP contribution in [0.15, 0.2) is 97.2 Å². The van der Waals surface area contributed by atoms with Gasteiger partial charge in [-0.1, -0.05) is 68.8 Å². The van der Waals surface area contributed by atoms with Crippen LogP contribution in [0.2, 0.25) is 0 Å². The number of aromatic nitrogens is 4. The van der Waals surface area contributed by atoms with Gasteiger partial charge in [0.05, 0.1) is 5.69 Å². The van der Waals surface area contributed by atoms with Gasteiger partial charge in [0.25, 0.3) is 0 Å². The van der Waals surface area contributed by atoms with Gasteiger partial charge in [-0.15, -0.1) is 35.7 Å². The van der Waals surface area contributed by atoms with E-state index < -0.39 is 0 Å². The van der Waals surface area contributed by atoms with Crippen LogP contribution in [0.25, 0.3) is 44.4 Å². The van der Waals surface area contributed by atoms with Crippen LogP contribution in [0.3, 0.4) is 0 Å². The molecule has 5 nitrogen and oxygen atoms in total. The summed E-state index contributed by atoms with van der Waals surface area (Å²) in [5.74, 6) is 1.20. The molecule has 0 saturated carbocycles. The topological polar surface area (TPSA) is 44.9 Å². The van der Waals surface area contributed by atoms with Gasteiger partial charge in [0.2, 0.25) is 0 Å². The predicted octanol–water partition coefficient (Wildman–Crippen LogP) is 10.2. The summed E-state index contributed by atoms with van der Waals surface area (Å²) in [6.45, 7) is 10.9. The Morgan fingerprint density at radius 3 is 2.38 bits per heavy atom. The number of hydrogen-bond donors (Lipinski definition) is 0. The molecule has 0 amide bonds. The Balaban J connectivity index is 0.00000386. The van der Waals surface area contributed by atoms with Crippen LogP contribution < -0.4 is 4.74 Å². The van der Waals surface area contributed by atoms with Crippen molar-refractivity contribution in [3.05, 3.63) is 132 Å². The standard InChI is InChI=1S/C40H35FN4O.Pt/c1-26-39(29-10-7-6-8-11-29)27(2)45(43-26)31-12-9-13-32(24-31)46-33-15-16-34-35-22-28(18-20-40(3,4)5)14-17-36(35)44(37(34)25-33)38-23-30(41)19-21-42-38;/h6-17,19,21-23H,18,20H2,1-5H3;/q-2;+2. The van der Waals surface area contributed by atoms with Gasteiger partial charge >= 0.3 is 21.1 Å². The van der Waals surface area contributed by atoms with E-state index in [1.54, 1.807) is 0 Å². The molecule has 0 atom stereocenters. The molecule has 0 radical (unpaired) electrons. The van der Waals surface area contributed by atoms with Gasteiger partial charge in [0.15, 0.2) is 0 Å². The van der Waals surface area contributed by atoms with Crippen molar-refractivity contribution in [2.24, 2.45) is 5.41 Å². The van der Waals surface area contributed by atoms with Gasteiger partial charge in [0, 0.05) is 40.5 Å². The average molecular weight is 802 g/mol. The van der Waals surface area contributed by atoms with Crippen molar-refractivity contribution in [2.45, 2.75) is 47.5 Å². The maximum absolute atomic E-state index is 14.4. The predicted molar refractivity (Wildman–Crippen MR) is 183 cm³/mol. The summed E-state index contributed by atoms with van der Waals surface area (Å²) in [7, 11) is 0. The molecule has 0 saturated heterocycles. The molecule has 7 rings (SSSR count). The van der Waals surface area contributed by atoms with E-state index in [1.165, 1.54) is 23.9 Å². The zero-order valence-electron chi connectivity index (χ0n) is 27.0. The van der Waals surface area contributed by atoms with E-state index in [0.29, 0.717) is 17.3 Å². The minimum atomic E-state index is -0.347. The van der Waals surface area contributed by atoms with Crippen molar-refractivity contribution >= 4 is 21.8 Å². The number of nitrogens with zero attached hydrogens (tertiary/aromatic N) is 4. The number of halogens is 1. The van der Waals surface area contributed by atoms with Gasteiger partial charge in [-0.25, -0.2) is 9.37 Å². The van der Waals surface area contributed by atoms with Crippen LogP contribution in [-0.2, 0) is 27.5 Å². The van der Waals surface area contributed by atoms with Crippen LogP contribution in [0, 0.1) is 37.2 Å². The second kappa shape index (κ2) is 12.9. The first-order valence-electron chi connectivity index (χ1n) is 15.6. The van der Waals surface area contributed by atoms with E-state index in [1.807, 2.05) is 64.7 Å². The summed E-state index contributed by atoms with van der Waals surface area (Å²) >= 11 is 0. The number of benzene rings is 4. The van der Waals surface area contributed by atoms with Gasteiger partial charge in [-0.3, -0.25) is 4.68 Å². The second-order valence-electron chi connectivity index (χ2n) is 13.0. The molecule has 0 unspecified atom stereocenters. The molecule has 0 aliphatic carbocycles. The SMILES string of the molecule is Cc1nn(-c2[c-]c(Oc3[c-]c4c(cc3)c3cc(CCC(C)(C)C)ccc3n4-c3cc(F)ccn3)ccc2)c(C)c1-c1ccccc1.[Pt+2]. The number of hydrogen-bond acceptors (Lipinski definition) is 3. The summed E-state index contributed by atoms with van der Waals surface area (Å²) in [5, 5.41) is 6.91. The fraction of sp³-hybridized carbons (Fsp3) is 0.200. The summed E-state index contributed by atoms with van der Waals surface area (Å²) in [6.07, 6.45) is 3.54. The van der Waals surface area contributed by atoms with Crippen LogP contribution in [0.1, 0.15) is 44.1 Å². The van der Waals surface area contributed by atoms with Crippen molar-refractivity contribution in [1.29, 1.82) is 0 Å². The van der Waals surface area contributed by atoms with Crippen molar-refractivity contribution in [3.8, 4) is 34.1 Å². The third-order valence-electron chi connectivity index (χ3n) is 8.37. The molecule has 7 aromatic rings. The summed E-state index contributed by atoms with van der Waals surface area (Å²) in [6, 6.07) is 36.2. The van der Waals surface area contributed by atoms with Crippen LogP contribution >= 0.6 is 0 Å². The van der Waals surface area contributed by atoms with Crippen molar-refractivity contribution in [3.63, 3.8) is 0 Å². The monoisotopic (exact) mass is 801 g/mol. The summed E-state index contributed by atoms with van der Waals surface area (Å²) in [5.41, 5.74) is 8.20. The molecule has 3 aromatic heterocycles. The maximum Gasteiger partial charge on any atom is 2.00 e. The van der Waals surface area contributed by atoms with Crippen molar-refractivity contribution in [1.82, 2.24) is 19.3 Å². The fourth-order valence-electron chi connectivity index (χ4n) is 6.10. The summed E-state index contributed by atoms with van der Waals surface area (Å²) < 4.78 is 24.7. The molecule has 0 bridgehead atoms. The largest absolute Gasteiger partial charge is 2.00 e. The molecule has 0 spiro atoms. The Morgan fingerprint density at radius 2 is 1.62 bits per heavy atom. The fourth-order valence-corrected chi connectivity index (χ4v) is 6.10. The Kier molecular flexibility index (Phi) is 8.91. The first kappa shape index (κ1) is 32.4. The van der Waals surface area contributed by atoms with E-state index in [2.05, 4.69) is 75.1 Å². The van der Waals surface area contributed by atoms with Gasteiger partial charge in [-0.2, -0.15) is 17.2 Å². The van der Waals surface area contributed by atoms with Gasteiger partial charge < -0.3 is 9.30 Å². The van der Waals surface area contributed by atoms with Crippen LogP contribution in [0.5, 0.6) is 11.5 Å². The quantitative estimate of drug-likeness (QED) is 0.151. The average Bonchev–Trinajstić information content (AvgIpc) is 3.52. The third kappa shape index (κ3) is 6.53. The molecular weight excluding hydrogens is 767 g/mol. The molecule has 0 aliphatic heterocycles. The Labute approximate surface area is 289 Å². The molecule has 3 heterocycles. The first-order valence-corrected chi connectivity index (χ1v) is 15.6. The number of rotatable bonds is 7. The van der Waals surface area contributed by atoms with Crippen LogP contribution in [0.4, 0.5) is 4.39 Å². The normalized spacial score (nSPS) is 11.6. The van der Waals surface area contributed by atoms with Crippen molar-refractivity contribution in [2.75, 3.05) is 0 Å². The number of ether oxygens (including phenoxy) is 1. The molecule has 0 N–H and O–H groups in total. The molecule has 0 fully saturated rings. The molecule has 0 aliphatic rings. The summed E-state index contributed by atoms with van der Waals surface area (Å²) in [4.78, 5) is 4.52. The van der Waals surface area contributed by atoms with Gasteiger partial charge in [0.1, 0.15) is 11.6 Å². The molecular formula is C40H35FN4OPt. The zero-order valence-corrected chi connectivity index (χ0v) is 29.3. The van der Waals surface area contributed by atoms with E-state index in [0.717, 1.165) is 62.8 Å². The smallest absolute Gasteiger partial charge is 0.509 e. The molecule has 7 heteroatoms.